The van der Waals surface area contributed by atoms with Crippen LogP contribution in [0.5, 0.6) is 0 Å². The molecular formula is C17H18BrFN2O. The van der Waals surface area contributed by atoms with E-state index in [1.807, 2.05) is 12.1 Å². The maximum Gasteiger partial charge on any atom is 0.230 e. The molecule has 0 aliphatic heterocycles. The Kier molecular flexibility index (Phi) is 4.96. The largest absolute Gasteiger partial charge is 0.310 e. The van der Waals surface area contributed by atoms with Crippen molar-refractivity contribution >= 4 is 27.7 Å². The van der Waals surface area contributed by atoms with E-state index in [0.717, 1.165) is 5.56 Å². The molecule has 1 heterocycles. The molecule has 116 valence electrons. The van der Waals surface area contributed by atoms with Crippen LogP contribution in [-0.2, 0) is 16.6 Å². The van der Waals surface area contributed by atoms with Gasteiger partial charge in [0, 0.05) is 10.7 Å². The summed E-state index contributed by atoms with van der Waals surface area (Å²) in [6.07, 6.45) is 1.64. The van der Waals surface area contributed by atoms with Crippen LogP contribution in [0.25, 0.3) is 0 Å². The first-order valence-corrected chi connectivity index (χ1v) is 7.75. The summed E-state index contributed by atoms with van der Waals surface area (Å²) in [5.41, 5.74) is 1.40. The number of amides is 1. The number of hydrogen-bond acceptors (Lipinski definition) is 2. The molecule has 2 rings (SSSR count). The number of aromatic nitrogens is 1. The highest BCUT2D eigenvalue weighted by molar-refractivity contribution is 9.10. The molecule has 5 heteroatoms. The number of hydrogen-bond donors (Lipinski definition) is 1. The minimum atomic E-state index is -0.402. The number of pyridine rings is 1. The second-order valence-corrected chi connectivity index (χ2v) is 7.06. The van der Waals surface area contributed by atoms with Crippen LogP contribution in [0.3, 0.4) is 0 Å². The number of halogens is 2. The smallest absolute Gasteiger partial charge is 0.230 e. The van der Waals surface area contributed by atoms with Gasteiger partial charge in [-0.3, -0.25) is 4.79 Å². The Morgan fingerprint density at radius 1 is 1.27 bits per heavy atom. The molecule has 1 aromatic heterocycles. The zero-order chi connectivity index (χ0) is 16.3. The second-order valence-electron chi connectivity index (χ2n) is 6.14. The quantitative estimate of drug-likeness (QED) is 0.873. The SMILES string of the molecule is CC(C)(C)c1ccnc(NC(=O)Cc2ccc(Br)cc2F)c1. The number of carbonyl (C=O) groups excluding carboxylic acids is 1. The van der Waals surface area contributed by atoms with E-state index in [2.05, 4.69) is 47.0 Å². The molecule has 0 aliphatic rings. The van der Waals surface area contributed by atoms with E-state index in [-0.39, 0.29) is 17.7 Å². The van der Waals surface area contributed by atoms with Gasteiger partial charge >= 0.3 is 0 Å². The van der Waals surface area contributed by atoms with E-state index in [9.17, 15) is 9.18 Å². The summed E-state index contributed by atoms with van der Waals surface area (Å²) in [4.78, 5) is 16.2. The standard InChI is InChI=1S/C17H18BrFN2O/c1-17(2,3)12-6-7-20-15(9-12)21-16(22)8-11-4-5-13(18)10-14(11)19/h4-7,9-10H,8H2,1-3H3,(H,20,21,22). The number of nitrogens with one attached hydrogen (secondary N) is 1. The van der Waals surface area contributed by atoms with Crippen LogP contribution in [0.4, 0.5) is 10.2 Å². The molecule has 0 unspecified atom stereocenters. The average Bonchev–Trinajstić information content (AvgIpc) is 2.41. The van der Waals surface area contributed by atoms with Crippen molar-refractivity contribution < 1.29 is 9.18 Å². The Hall–Kier alpha value is -1.75. The van der Waals surface area contributed by atoms with E-state index < -0.39 is 5.82 Å². The summed E-state index contributed by atoms with van der Waals surface area (Å²) in [6, 6.07) is 8.42. The zero-order valence-electron chi connectivity index (χ0n) is 12.8. The highest BCUT2D eigenvalue weighted by atomic mass is 79.9. The molecule has 2 aromatic rings. The number of benzene rings is 1. The fraction of sp³-hybridized carbons (Fsp3) is 0.294. The summed E-state index contributed by atoms with van der Waals surface area (Å²) in [7, 11) is 0. The van der Waals surface area contributed by atoms with Crippen molar-refractivity contribution in [3.05, 3.63) is 57.9 Å². The molecular weight excluding hydrogens is 347 g/mol. The fourth-order valence-corrected chi connectivity index (χ4v) is 2.32. The lowest BCUT2D eigenvalue weighted by atomic mass is 9.88. The van der Waals surface area contributed by atoms with Crippen LogP contribution in [0, 0.1) is 5.82 Å². The zero-order valence-corrected chi connectivity index (χ0v) is 14.4. The van der Waals surface area contributed by atoms with E-state index in [0.29, 0.717) is 15.9 Å². The third-order valence-electron chi connectivity index (χ3n) is 3.26. The van der Waals surface area contributed by atoms with E-state index in [4.69, 9.17) is 0 Å². The van der Waals surface area contributed by atoms with Gasteiger partial charge in [0.2, 0.25) is 5.91 Å². The molecule has 3 nitrogen and oxygen atoms in total. The van der Waals surface area contributed by atoms with Gasteiger partial charge in [-0.15, -0.1) is 0 Å². The number of carbonyl (C=O) groups is 1. The van der Waals surface area contributed by atoms with Crippen molar-refractivity contribution in [3.63, 3.8) is 0 Å². The van der Waals surface area contributed by atoms with E-state index >= 15 is 0 Å². The first kappa shape index (κ1) is 16.6. The van der Waals surface area contributed by atoms with Gasteiger partial charge in [0.05, 0.1) is 6.42 Å². The lowest BCUT2D eigenvalue weighted by Gasteiger charge is -2.19. The minimum Gasteiger partial charge on any atom is -0.310 e. The lowest BCUT2D eigenvalue weighted by Crippen LogP contribution is -2.17. The molecule has 0 fully saturated rings. The number of nitrogens with zero attached hydrogens (tertiary/aromatic N) is 1. The first-order chi connectivity index (χ1) is 10.3. The molecule has 1 N–H and O–H groups in total. The normalized spacial score (nSPS) is 11.3. The van der Waals surface area contributed by atoms with E-state index in [1.54, 1.807) is 18.3 Å². The third-order valence-corrected chi connectivity index (χ3v) is 3.75. The molecule has 0 atom stereocenters. The van der Waals surface area contributed by atoms with Crippen LogP contribution < -0.4 is 5.32 Å². The summed E-state index contributed by atoms with van der Waals surface area (Å²) in [6.45, 7) is 6.27. The Morgan fingerprint density at radius 2 is 2.00 bits per heavy atom. The van der Waals surface area contributed by atoms with Gasteiger partial charge in [0.25, 0.3) is 0 Å². The molecule has 1 amide bonds. The van der Waals surface area contributed by atoms with Gasteiger partial charge in [0.1, 0.15) is 11.6 Å². The Labute approximate surface area is 138 Å². The van der Waals surface area contributed by atoms with Gasteiger partial charge in [-0.2, -0.15) is 0 Å². The Balaban J connectivity index is 2.09. The predicted molar refractivity (Wildman–Crippen MR) is 89.4 cm³/mol. The van der Waals surface area contributed by atoms with Gasteiger partial charge < -0.3 is 5.32 Å². The van der Waals surface area contributed by atoms with Crippen molar-refractivity contribution in [1.82, 2.24) is 4.98 Å². The molecule has 22 heavy (non-hydrogen) atoms. The van der Waals surface area contributed by atoms with Gasteiger partial charge in [-0.05, 0) is 40.8 Å². The van der Waals surface area contributed by atoms with Crippen LogP contribution in [0.2, 0.25) is 0 Å². The predicted octanol–water partition coefficient (Wildman–Crippen LogP) is 4.46. The van der Waals surface area contributed by atoms with Gasteiger partial charge in [-0.1, -0.05) is 42.8 Å². The summed E-state index contributed by atoms with van der Waals surface area (Å²) < 4.78 is 14.4. The summed E-state index contributed by atoms with van der Waals surface area (Å²) >= 11 is 3.19. The lowest BCUT2D eigenvalue weighted by molar-refractivity contribution is -0.115. The third kappa shape index (κ3) is 4.37. The molecule has 0 bridgehead atoms. The minimum absolute atomic E-state index is 0.0272. The second kappa shape index (κ2) is 6.57. The van der Waals surface area contributed by atoms with Crippen molar-refractivity contribution in [3.8, 4) is 0 Å². The molecule has 0 saturated carbocycles. The Morgan fingerprint density at radius 3 is 2.64 bits per heavy atom. The maximum atomic E-state index is 13.7. The topological polar surface area (TPSA) is 42.0 Å². The molecule has 1 aromatic carbocycles. The number of rotatable bonds is 3. The first-order valence-electron chi connectivity index (χ1n) is 6.96. The van der Waals surface area contributed by atoms with Crippen molar-refractivity contribution in [1.29, 1.82) is 0 Å². The van der Waals surface area contributed by atoms with Crippen molar-refractivity contribution in [2.75, 3.05) is 5.32 Å². The van der Waals surface area contributed by atoms with Crippen molar-refractivity contribution in [2.24, 2.45) is 0 Å². The Bertz CT molecular complexity index is 695. The molecule has 0 aliphatic carbocycles. The average molecular weight is 365 g/mol. The maximum absolute atomic E-state index is 13.7. The van der Waals surface area contributed by atoms with Crippen LogP contribution >= 0.6 is 15.9 Å². The molecule has 0 saturated heterocycles. The monoisotopic (exact) mass is 364 g/mol. The summed E-state index contributed by atoms with van der Waals surface area (Å²) in [5.74, 6) is -0.212. The highest BCUT2D eigenvalue weighted by Crippen LogP contribution is 2.23. The van der Waals surface area contributed by atoms with Crippen molar-refractivity contribution in [2.45, 2.75) is 32.6 Å². The molecule has 0 radical (unpaired) electrons. The van der Waals surface area contributed by atoms with Crippen LogP contribution in [-0.4, -0.2) is 10.9 Å². The van der Waals surface area contributed by atoms with Gasteiger partial charge in [-0.25, -0.2) is 9.37 Å². The molecule has 0 spiro atoms. The number of anilines is 1. The fourth-order valence-electron chi connectivity index (χ4n) is 1.99. The van der Waals surface area contributed by atoms with Crippen LogP contribution in [0.15, 0.2) is 41.0 Å². The summed E-state index contributed by atoms with van der Waals surface area (Å²) in [5, 5.41) is 2.72. The van der Waals surface area contributed by atoms with Gasteiger partial charge in [0.15, 0.2) is 0 Å². The van der Waals surface area contributed by atoms with E-state index in [1.165, 1.54) is 6.07 Å². The highest BCUT2D eigenvalue weighted by Gasteiger charge is 2.15. The van der Waals surface area contributed by atoms with Crippen LogP contribution in [0.1, 0.15) is 31.9 Å².